The Kier molecular flexibility index (Phi) is 4.23. The van der Waals surface area contributed by atoms with E-state index in [0.717, 1.165) is 16.7 Å². The minimum Gasteiger partial charge on any atom is -0.367 e. The molecule has 0 amide bonds. The molecule has 3 heteroatoms. The first-order valence-corrected chi connectivity index (χ1v) is 7.43. The molecule has 1 aromatic heterocycles. The highest BCUT2D eigenvalue weighted by molar-refractivity contribution is 9.09. The number of fused-ring (bicyclic) bond motifs is 1. The highest BCUT2D eigenvalue weighted by Crippen LogP contribution is 2.21. The lowest BCUT2D eigenvalue weighted by Crippen LogP contribution is -2.25. The van der Waals surface area contributed by atoms with Gasteiger partial charge in [-0.05, 0) is 37.5 Å². The van der Waals surface area contributed by atoms with E-state index in [4.69, 9.17) is 4.98 Å². The lowest BCUT2D eigenvalue weighted by Gasteiger charge is -2.21. The predicted molar refractivity (Wildman–Crippen MR) is 82.5 cm³/mol. The number of aryl methyl sites for hydroxylation is 1. The molecule has 0 bridgehead atoms. The predicted octanol–water partition coefficient (Wildman–Crippen LogP) is 4.37. The van der Waals surface area contributed by atoms with Crippen molar-refractivity contribution in [1.29, 1.82) is 0 Å². The third kappa shape index (κ3) is 2.83. The van der Waals surface area contributed by atoms with Crippen LogP contribution in [0.3, 0.4) is 0 Å². The monoisotopic (exact) mass is 306 g/mol. The number of para-hydroxylation sites is 1. The number of hydrogen-bond acceptors (Lipinski definition) is 2. The number of halogens is 1. The minimum absolute atomic E-state index is 0.400. The molecule has 1 heterocycles. The number of benzene rings is 1. The standard InChI is InChI=1S/C15H19BrN2/c1-10-8-13-6-4-5-7-14(13)18-15(10)17-12(3)11(2)9-16/h4-8,11-12H,9H2,1-3H3,(H,17,18). The molecule has 0 aliphatic rings. The second kappa shape index (κ2) is 5.70. The summed E-state index contributed by atoms with van der Waals surface area (Å²) >= 11 is 3.53. The molecule has 18 heavy (non-hydrogen) atoms. The summed E-state index contributed by atoms with van der Waals surface area (Å²) in [4.78, 5) is 4.71. The number of aromatic nitrogens is 1. The third-order valence-electron chi connectivity index (χ3n) is 3.38. The van der Waals surface area contributed by atoms with Crippen LogP contribution < -0.4 is 5.32 Å². The summed E-state index contributed by atoms with van der Waals surface area (Å²) in [6.45, 7) is 6.53. The minimum atomic E-state index is 0.400. The Bertz CT molecular complexity index is 539. The SMILES string of the molecule is Cc1cc2ccccc2nc1NC(C)C(C)CBr. The largest absolute Gasteiger partial charge is 0.367 e. The van der Waals surface area contributed by atoms with Crippen LogP contribution in [-0.4, -0.2) is 16.4 Å². The first-order chi connectivity index (χ1) is 8.61. The molecule has 2 atom stereocenters. The van der Waals surface area contributed by atoms with Crippen molar-refractivity contribution < 1.29 is 0 Å². The summed E-state index contributed by atoms with van der Waals surface area (Å²) in [5.74, 6) is 1.56. The summed E-state index contributed by atoms with van der Waals surface area (Å²) in [7, 11) is 0. The van der Waals surface area contributed by atoms with Crippen molar-refractivity contribution in [1.82, 2.24) is 4.98 Å². The molecule has 0 saturated carbocycles. The van der Waals surface area contributed by atoms with E-state index in [1.165, 1.54) is 10.9 Å². The second-order valence-corrected chi connectivity index (χ2v) is 5.56. The van der Waals surface area contributed by atoms with E-state index in [9.17, 15) is 0 Å². The zero-order chi connectivity index (χ0) is 13.1. The van der Waals surface area contributed by atoms with Gasteiger partial charge in [0, 0.05) is 16.8 Å². The van der Waals surface area contributed by atoms with E-state index in [-0.39, 0.29) is 0 Å². The van der Waals surface area contributed by atoms with Crippen LogP contribution in [-0.2, 0) is 0 Å². The Morgan fingerprint density at radius 1 is 1.28 bits per heavy atom. The van der Waals surface area contributed by atoms with Gasteiger partial charge in [0.25, 0.3) is 0 Å². The molecule has 0 radical (unpaired) electrons. The van der Waals surface area contributed by atoms with Gasteiger partial charge in [0.05, 0.1) is 5.52 Å². The van der Waals surface area contributed by atoms with Crippen molar-refractivity contribution in [2.45, 2.75) is 26.8 Å². The molecule has 2 aromatic rings. The van der Waals surface area contributed by atoms with Gasteiger partial charge in [-0.1, -0.05) is 41.1 Å². The molecule has 0 saturated heterocycles. The molecular weight excluding hydrogens is 288 g/mol. The average molecular weight is 307 g/mol. The Morgan fingerprint density at radius 2 is 2.00 bits per heavy atom. The van der Waals surface area contributed by atoms with Crippen molar-refractivity contribution in [3.8, 4) is 0 Å². The number of rotatable bonds is 4. The second-order valence-electron chi connectivity index (χ2n) is 4.91. The van der Waals surface area contributed by atoms with Crippen LogP contribution in [0, 0.1) is 12.8 Å². The summed E-state index contributed by atoms with van der Waals surface area (Å²) in [5.41, 5.74) is 2.24. The van der Waals surface area contributed by atoms with Gasteiger partial charge >= 0.3 is 0 Å². The molecule has 1 aromatic carbocycles. The van der Waals surface area contributed by atoms with Crippen molar-refractivity contribution in [3.63, 3.8) is 0 Å². The summed E-state index contributed by atoms with van der Waals surface area (Å²) in [5, 5.41) is 5.70. The van der Waals surface area contributed by atoms with Gasteiger partial charge in [0.15, 0.2) is 0 Å². The number of nitrogens with zero attached hydrogens (tertiary/aromatic N) is 1. The van der Waals surface area contributed by atoms with Crippen LogP contribution >= 0.6 is 15.9 Å². The maximum atomic E-state index is 4.71. The number of anilines is 1. The summed E-state index contributed by atoms with van der Waals surface area (Å²) in [6.07, 6.45) is 0. The topological polar surface area (TPSA) is 24.9 Å². The Morgan fingerprint density at radius 3 is 2.72 bits per heavy atom. The zero-order valence-electron chi connectivity index (χ0n) is 11.1. The van der Waals surface area contributed by atoms with Crippen molar-refractivity contribution in [3.05, 3.63) is 35.9 Å². The van der Waals surface area contributed by atoms with E-state index < -0.39 is 0 Å². The van der Waals surface area contributed by atoms with Gasteiger partial charge in [-0.3, -0.25) is 0 Å². The summed E-state index contributed by atoms with van der Waals surface area (Å²) < 4.78 is 0. The van der Waals surface area contributed by atoms with Crippen LogP contribution in [0.2, 0.25) is 0 Å². The number of alkyl halides is 1. The van der Waals surface area contributed by atoms with Gasteiger partial charge in [-0.2, -0.15) is 0 Å². The van der Waals surface area contributed by atoms with Gasteiger partial charge in [-0.15, -0.1) is 0 Å². The molecule has 1 N–H and O–H groups in total. The van der Waals surface area contributed by atoms with E-state index in [1.807, 2.05) is 12.1 Å². The van der Waals surface area contributed by atoms with E-state index in [0.29, 0.717) is 12.0 Å². The van der Waals surface area contributed by atoms with Gasteiger partial charge in [0.1, 0.15) is 5.82 Å². The number of nitrogens with one attached hydrogen (secondary N) is 1. The van der Waals surface area contributed by atoms with Gasteiger partial charge < -0.3 is 5.32 Å². The van der Waals surface area contributed by atoms with Crippen molar-refractivity contribution in [2.75, 3.05) is 10.6 Å². The molecular formula is C15H19BrN2. The fourth-order valence-electron chi connectivity index (χ4n) is 1.86. The summed E-state index contributed by atoms with van der Waals surface area (Å²) in [6, 6.07) is 10.8. The highest BCUT2D eigenvalue weighted by Gasteiger charge is 2.12. The quantitative estimate of drug-likeness (QED) is 0.848. The maximum absolute atomic E-state index is 4.71. The Labute approximate surface area is 117 Å². The lowest BCUT2D eigenvalue weighted by molar-refractivity contribution is 0.570. The first kappa shape index (κ1) is 13.3. The first-order valence-electron chi connectivity index (χ1n) is 6.30. The smallest absolute Gasteiger partial charge is 0.129 e. The van der Waals surface area contributed by atoms with Gasteiger partial charge in [0.2, 0.25) is 0 Å². The molecule has 2 unspecified atom stereocenters. The molecule has 0 aliphatic carbocycles. The fraction of sp³-hybridized carbons (Fsp3) is 0.400. The van der Waals surface area contributed by atoms with Gasteiger partial charge in [-0.25, -0.2) is 4.98 Å². The molecule has 2 nitrogen and oxygen atoms in total. The van der Waals surface area contributed by atoms with Crippen LogP contribution in [0.25, 0.3) is 10.9 Å². The van der Waals surface area contributed by atoms with Crippen LogP contribution in [0.1, 0.15) is 19.4 Å². The Balaban J connectivity index is 2.30. The molecule has 0 fully saturated rings. The number of pyridine rings is 1. The Hall–Kier alpha value is -1.09. The lowest BCUT2D eigenvalue weighted by atomic mass is 10.1. The molecule has 0 spiro atoms. The highest BCUT2D eigenvalue weighted by atomic mass is 79.9. The molecule has 96 valence electrons. The molecule has 2 rings (SSSR count). The maximum Gasteiger partial charge on any atom is 0.129 e. The van der Waals surface area contributed by atoms with E-state index in [2.05, 4.69) is 60.2 Å². The number of hydrogen-bond donors (Lipinski definition) is 1. The van der Waals surface area contributed by atoms with Crippen molar-refractivity contribution >= 4 is 32.7 Å². The molecule has 0 aliphatic heterocycles. The fourth-order valence-corrected chi connectivity index (χ4v) is 2.42. The van der Waals surface area contributed by atoms with Crippen molar-refractivity contribution in [2.24, 2.45) is 5.92 Å². The van der Waals surface area contributed by atoms with Crippen LogP contribution in [0.15, 0.2) is 30.3 Å². The van der Waals surface area contributed by atoms with E-state index in [1.54, 1.807) is 0 Å². The van der Waals surface area contributed by atoms with Crippen LogP contribution in [0.4, 0.5) is 5.82 Å². The normalized spacial score (nSPS) is 14.4. The van der Waals surface area contributed by atoms with E-state index >= 15 is 0 Å². The van der Waals surface area contributed by atoms with Crippen LogP contribution in [0.5, 0.6) is 0 Å². The average Bonchev–Trinajstić information content (AvgIpc) is 2.38. The zero-order valence-corrected chi connectivity index (χ0v) is 12.7. The third-order valence-corrected chi connectivity index (χ3v) is 4.40.